The number of esters is 2. The minimum atomic E-state index is -0.469. The number of carbonyl (C=O) groups excluding carboxylic acids is 2. The maximum atomic E-state index is 13.1. The summed E-state index contributed by atoms with van der Waals surface area (Å²) in [5, 5.41) is 0. The zero-order valence-electron chi connectivity index (χ0n) is 22.1. The van der Waals surface area contributed by atoms with Gasteiger partial charge in [0.05, 0.1) is 5.56 Å². The fourth-order valence-electron chi connectivity index (χ4n) is 6.61. The smallest absolute Gasteiger partial charge is 0.338 e. The summed E-state index contributed by atoms with van der Waals surface area (Å²) >= 11 is 0. The van der Waals surface area contributed by atoms with Gasteiger partial charge in [0.1, 0.15) is 12.2 Å². The van der Waals surface area contributed by atoms with Crippen molar-refractivity contribution < 1.29 is 19.1 Å². The molecule has 3 aliphatic carbocycles. The van der Waals surface area contributed by atoms with E-state index in [9.17, 15) is 9.59 Å². The molecule has 6 unspecified atom stereocenters. The highest BCUT2D eigenvalue weighted by molar-refractivity contribution is 5.90. The topological polar surface area (TPSA) is 52.6 Å². The van der Waals surface area contributed by atoms with Crippen LogP contribution in [0.25, 0.3) is 0 Å². The fourth-order valence-corrected chi connectivity index (χ4v) is 6.61. The summed E-state index contributed by atoms with van der Waals surface area (Å²) < 4.78 is 12.3. The van der Waals surface area contributed by atoms with E-state index >= 15 is 0 Å². The van der Waals surface area contributed by atoms with Crippen molar-refractivity contribution in [2.24, 2.45) is 17.8 Å². The highest BCUT2D eigenvalue weighted by Crippen LogP contribution is 2.63. The minimum Gasteiger partial charge on any atom is -0.455 e. The number of allylic oxidation sites excluding steroid dienone is 4. The van der Waals surface area contributed by atoms with Crippen LogP contribution >= 0.6 is 0 Å². The minimum absolute atomic E-state index is 0.0614. The summed E-state index contributed by atoms with van der Waals surface area (Å²) in [7, 11) is 0. The van der Waals surface area contributed by atoms with Crippen molar-refractivity contribution >= 4 is 11.9 Å². The Labute approximate surface area is 220 Å². The van der Waals surface area contributed by atoms with Crippen molar-refractivity contribution in [3.63, 3.8) is 0 Å². The average molecular weight is 497 g/mol. The lowest BCUT2D eigenvalue weighted by Crippen LogP contribution is -2.45. The Morgan fingerprint density at radius 1 is 0.946 bits per heavy atom. The van der Waals surface area contributed by atoms with E-state index < -0.39 is 12.2 Å². The number of rotatable bonds is 6. The lowest BCUT2D eigenvalue weighted by molar-refractivity contribution is -0.156. The second kappa shape index (κ2) is 9.81. The second-order valence-electron chi connectivity index (χ2n) is 11.7. The largest absolute Gasteiger partial charge is 0.455 e. The number of hydrogen-bond donors (Lipinski definition) is 0. The summed E-state index contributed by atoms with van der Waals surface area (Å²) in [6.07, 6.45) is 7.89. The SMILES string of the molecule is C=C/C=C\C=C(/C)C(=O)OC1C2CC(C1OC(=O)c1ccccc1)C1c3cc(C(C)(C)C)ccc3CC21. The number of fused-ring (bicyclic) bond motifs is 7. The third-order valence-corrected chi connectivity index (χ3v) is 8.42. The summed E-state index contributed by atoms with van der Waals surface area (Å²) in [5.41, 5.74) is 5.18. The lowest BCUT2D eigenvalue weighted by atomic mass is 9.76. The Morgan fingerprint density at radius 2 is 1.68 bits per heavy atom. The molecule has 2 saturated carbocycles. The quantitative estimate of drug-likeness (QED) is 0.253. The molecule has 2 aromatic rings. The van der Waals surface area contributed by atoms with Crippen LogP contribution in [0.2, 0.25) is 0 Å². The average Bonchev–Trinajstić information content (AvgIpc) is 3.53. The van der Waals surface area contributed by atoms with Crippen LogP contribution in [0.3, 0.4) is 0 Å². The third kappa shape index (κ3) is 4.70. The molecular formula is C33H36O4. The van der Waals surface area contributed by atoms with E-state index in [-0.39, 0.29) is 29.2 Å². The van der Waals surface area contributed by atoms with Crippen LogP contribution in [-0.2, 0) is 26.1 Å². The van der Waals surface area contributed by atoms with Crippen LogP contribution in [0.15, 0.2) is 85.0 Å². The van der Waals surface area contributed by atoms with Crippen LogP contribution < -0.4 is 0 Å². The van der Waals surface area contributed by atoms with E-state index in [4.69, 9.17) is 9.47 Å². The van der Waals surface area contributed by atoms with E-state index in [1.165, 1.54) is 16.7 Å². The molecule has 0 aromatic heterocycles. The third-order valence-electron chi connectivity index (χ3n) is 8.42. The van der Waals surface area contributed by atoms with Crippen molar-refractivity contribution in [1.82, 2.24) is 0 Å². The molecule has 6 atom stereocenters. The van der Waals surface area contributed by atoms with Gasteiger partial charge in [0.15, 0.2) is 0 Å². The van der Waals surface area contributed by atoms with E-state index in [1.54, 1.807) is 43.4 Å². The monoisotopic (exact) mass is 496 g/mol. The highest BCUT2D eigenvalue weighted by Gasteiger charge is 2.63. The van der Waals surface area contributed by atoms with Gasteiger partial charge in [0, 0.05) is 17.4 Å². The molecule has 3 aliphatic rings. The molecule has 5 rings (SSSR count). The van der Waals surface area contributed by atoms with Gasteiger partial charge in [-0.1, -0.05) is 88.1 Å². The molecule has 2 bridgehead atoms. The maximum Gasteiger partial charge on any atom is 0.338 e. The zero-order chi connectivity index (χ0) is 26.3. The van der Waals surface area contributed by atoms with Gasteiger partial charge in [-0.05, 0) is 65.8 Å². The van der Waals surface area contributed by atoms with Crippen molar-refractivity contribution in [3.05, 3.63) is 107 Å². The molecule has 0 saturated heterocycles. The highest BCUT2D eigenvalue weighted by atomic mass is 16.6. The Hall–Kier alpha value is -3.40. The molecule has 0 heterocycles. The molecule has 0 radical (unpaired) electrons. The maximum absolute atomic E-state index is 13.1. The second-order valence-corrected chi connectivity index (χ2v) is 11.7. The van der Waals surface area contributed by atoms with Crippen LogP contribution in [0.4, 0.5) is 0 Å². The van der Waals surface area contributed by atoms with Crippen molar-refractivity contribution in [3.8, 4) is 0 Å². The molecule has 2 aromatic carbocycles. The summed E-state index contributed by atoms with van der Waals surface area (Å²) in [5.74, 6) is 0.270. The summed E-state index contributed by atoms with van der Waals surface area (Å²) in [6, 6.07) is 16.0. The normalized spacial score (nSPS) is 28.2. The standard InChI is InChI=1S/C33H36O4/c1-6-7-9-12-20(2)31(34)36-29-26-19-27(30(29)37-32(35)21-13-10-8-11-14-21)28-24-18-23(33(3,4)5)16-15-22(24)17-25(26)28/h6-16,18,25-30H,1,17,19H2,2-5H3/b9-7-,20-12+. The Bertz CT molecular complexity index is 1260. The van der Waals surface area contributed by atoms with Gasteiger partial charge in [0.25, 0.3) is 0 Å². The number of ether oxygens (including phenoxy) is 2. The van der Waals surface area contributed by atoms with E-state index in [1.807, 2.05) is 18.2 Å². The van der Waals surface area contributed by atoms with E-state index in [2.05, 4.69) is 45.5 Å². The first-order valence-electron chi connectivity index (χ1n) is 13.3. The predicted molar refractivity (Wildman–Crippen MR) is 145 cm³/mol. The van der Waals surface area contributed by atoms with Crippen LogP contribution in [0.5, 0.6) is 0 Å². The van der Waals surface area contributed by atoms with Crippen LogP contribution in [0, 0.1) is 17.8 Å². The molecule has 192 valence electrons. The molecule has 0 spiro atoms. The Morgan fingerprint density at radius 3 is 2.38 bits per heavy atom. The summed E-state index contributed by atoms with van der Waals surface area (Å²) in [4.78, 5) is 26.2. The van der Waals surface area contributed by atoms with Gasteiger partial charge in [-0.15, -0.1) is 0 Å². The van der Waals surface area contributed by atoms with Gasteiger partial charge in [-0.25, -0.2) is 9.59 Å². The number of carbonyl (C=O) groups is 2. The van der Waals surface area contributed by atoms with Crippen molar-refractivity contribution in [2.45, 2.75) is 64.1 Å². The zero-order valence-corrected chi connectivity index (χ0v) is 22.1. The van der Waals surface area contributed by atoms with E-state index in [0.29, 0.717) is 23.0 Å². The van der Waals surface area contributed by atoms with Gasteiger partial charge < -0.3 is 9.47 Å². The van der Waals surface area contributed by atoms with Gasteiger partial charge >= 0.3 is 11.9 Å². The molecule has 4 heteroatoms. The van der Waals surface area contributed by atoms with Crippen LogP contribution in [-0.4, -0.2) is 24.1 Å². The van der Waals surface area contributed by atoms with Gasteiger partial charge in [-0.2, -0.15) is 0 Å². The first-order valence-corrected chi connectivity index (χ1v) is 13.3. The first-order chi connectivity index (χ1) is 17.7. The molecule has 4 nitrogen and oxygen atoms in total. The lowest BCUT2D eigenvalue weighted by Gasteiger charge is -2.37. The summed E-state index contributed by atoms with van der Waals surface area (Å²) in [6.45, 7) is 12.1. The van der Waals surface area contributed by atoms with Gasteiger partial charge in [-0.3, -0.25) is 0 Å². The molecule has 0 amide bonds. The first kappa shape index (κ1) is 25.3. The van der Waals surface area contributed by atoms with Gasteiger partial charge in [0.2, 0.25) is 0 Å². The molecule has 0 N–H and O–H groups in total. The Kier molecular flexibility index (Phi) is 6.70. The van der Waals surface area contributed by atoms with E-state index in [0.717, 1.165) is 12.8 Å². The fraction of sp³-hybridized carbons (Fsp3) is 0.394. The molecule has 2 fully saturated rings. The number of benzene rings is 2. The van der Waals surface area contributed by atoms with Crippen molar-refractivity contribution in [1.29, 1.82) is 0 Å². The molecule has 37 heavy (non-hydrogen) atoms. The Balaban J connectivity index is 1.46. The number of hydrogen-bond acceptors (Lipinski definition) is 4. The predicted octanol–water partition coefficient (Wildman–Crippen LogP) is 6.72. The van der Waals surface area contributed by atoms with Crippen molar-refractivity contribution in [2.75, 3.05) is 0 Å². The molecule has 0 aliphatic heterocycles. The molecular weight excluding hydrogens is 460 g/mol. The van der Waals surface area contributed by atoms with Crippen LogP contribution in [0.1, 0.15) is 67.1 Å².